The molecular weight excluding hydrogens is 372 g/mol. The zero-order valence-corrected chi connectivity index (χ0v) is 13.1. The Hall–Kier alpha value is -0.990. The van der Waals surface area contributed by atoms with Crippen LogP contribution in [-0.4, -0.2) is 4.98 Å². The molecule has 0 aliphatic carbocycles. The molecule has 96 valence electrons. The van der Waals surface area contributed by atoms with Gasteiger partial charge in [0.15, 0.2) is 5.82 Å². The smallest absolute Gasteiger partial charge is 0.150 e. The molecule has 0 radical (unpaired) electrons. The fraction of sp³-hybridized carbons (Fsp3) is 0. The first kappa shape index (κ1) is 14.4. The number of nitrogens with one attached hydrogen (secondary N) is 1. The first-order valence-electron chi connectivity index (χ1n) is 4.99. The van der Waals surface area contributed by atoms with E-state index in [2.05, 4.69) is 26.2 Å². The van der Waals surface area contributed by atoms with E-state index in [1.54, 1.807) is 12.1 Å². The highest BCUT2D eigenvalue weighted by molar-refractivity contribution is 9.10. The quantitative estimate of drug-likeness (QED) is 0.711. The molecule has 1 aromatic heterocycles. The van der Waals surface area contributed by atoms with E-state index in [9.17, 15) is 0 Å². The number of halogens is 4. The van der Waals surface area contributed by atoms with Gasteiger partial charge in [-0.05, 0) is 34.1 Å². The molecule has 1 N–H and O–H groups in total. The summed E-state index contributed by atoms with van der Waals surface area (Å²) in [5, 5.41) is 12.8. The first-order chi connectivity index (χ1) is 9.04. The van der Waals surface area contributed by atoms with Gasteiger partial charge in [0.05, 0.1) is 21.3 Å². The second kappa shape index (κ2) is 5.98. The number of hydrogen-bond acceptors (Lipinski definition) is 3. The van der Waals surface area contributed by atoms with Crippen molar-refractivity contribution in [3.8, 4) is 6.07 Å². The maximum Gasteiger partial charge on any atom is 0.150 e. The van der Waals surface area contributed by atoms with Crippen LogP contribution in [0.2, 0.25) is 15.1 Å². The van der Waals surface area contributed by atoms with Crippen LogP contribution in [0.15, 0.2) is 28.9 Å². The summed E-state index contributed by atoms with van der Waals surface area (Å²) in [6, 6.07) is 6.99. The van der Waals surface area contributed by atoms with Gasteiger partial charge >= 0.3 is 0 Å². The molecule has 2 aromatic rings. The third-order valence-corrected chi connectivity index (χ3v) is 4.45. The molecule has 0 fully saturated rings. The summed E-state index contributed by atoms with van der Waals surface area (Å²) in [5.41, 5.74) is 0.887. The highest BCUT2D eigenvalue weighted by atomic mass is 79.9. The third-order valence-electron chi connectivity index (χ3n) is 2.30. The van der Waals surface area contributed by atoms with E-state index in [1.807, 2.05) is 6.07 Å². The Morgan fingerprint density at radius 1 is 1.11 bits per heavy atom. The van der Waals surface area contributed by atoms with Gasteiger partial charge in [-0.25, -0.2) is 4.98 Å². The Morgan fingerprint density at radius 2 is 1.84 bits per heavy atom. The number of pyridine rings is 1. The van der Waals surface area contributed by atoms with Gasteiger partial charge < -0.3 is 5.32 Å². The van der Waals surface area contributed by atoms with Crippen LogP contribution in [0.3, 0.4) is 0 Å². The van der Waals surface area contributed by atoms with E-state index >= 15 is 0 Å². The monoisotopic (exact) mass is 375 g/mol. The second-order valence-electron chi connectivity index (χ2n) is 3.48. The molecule has 0 bridgehead atoms. The van der Waals surface area contributed by atoms with Gasteiger partial charge in [0.2, 0.25) is 0 Å². The van der Waals surface area contributed by atoms with Gasteiger partial charge in [0.25, 0.3) is 0 Å². The highest BCUT2D eigenvalue weighted by Crippen LogP contribution is 2.38. The fourth-order valence-electron chi connectivity index (χ4n) is 1.37. The Balaban J connectivity index is 2.43. The van der Waals surface area contributed by atoms with Gasteiger partial charge in [-0.15, -0.1) is 0 Å². The molecule has 19 heavy (non-hydrogen) atoms. The summed E-state index contributed by atoms with van der Waals surface area (Å²) in [6.45, 7) is 0. The number of benzene rings is 1. The average Bonchev–Trinajstić information content (AvgIpc) is 2.41. The van der Waals surface area contributed by atoms with Crippen LogP contribution in [0.1, 0.15) is 5.56 Å². The predicted octanol–water partition coefficient (Wildman–Crippen LogP) is 5.42. The average molecular weight is 377 g/mol. The van der Waals surface area contributed by atoms with E-state index < -0.39 is 0 Å². The molecule has 0 spiro atoms. The topological polar surface area (TPSA) is 48.7 Å². The van der Waals surface area contributed by atoms with E-state index in [0.717, 1.165) is 0 Å². The van der Waals surface area contributed by atoms with Crippen molar-refractivity contribution in [1.82, 2.24) is 4.98 Å². The normalized spacial score (nSPS) is 10.1. The van der Waals surface area contributed by atoms with Crippen LogP contribution < -0.4 is 5.32 Å². The number of anilines is 2. The lowest BCUT2D eigenvalue weighted by Gasteiger charge is -2.11. The maximum atomic E-state index is 8.90. The maximum absolute atomic E-state index is 8.90. The lowest BCUT2D eigenvalue weighted by molar-refractivity contribution is 1.29. The van der Waals surface area contributed by atoms with E-state index in [0.29, 0.717) is 31.6 Å². The minimum atomic E-state index is 0.236. The molecule has 0 atom stereocenters. The van der Waals surface area contributed by atoms with Gasteiger partial charge in [-0.1, -0.05) is 34.8 Å². The van der Waals surface area contributed by atoms with Crippen LogP contribution in [0.25, 0.3) is 0 Å². The SMILES string of the molecule is N#Cc1ccnc(Nc2ccc(Br)c(Cl)c2Cl)c1Cl. The Morgan fingerprint density at radius 3 is 2.53 bits per heavy atom. The summed E-state index contributed by atoms with van der Waals surface area (Å²) in [5.74, 6) is 0.348. The number of hydrogen-bond donors (Lipinski definition) is 1. The Labute approximate surface area is 133 Å². The summed E-state index contributed by atoms with van der Waals surface area (Å²) >= 11 is 21.5. The molecule has 0 aliphatic heterocycles. The summed E-state index contributed by atoms with van der Waals surface area (Å²) in [4.78, 5) is 4.07. The fourth-order valence-corrected chi connectivity index (χ4v) is 2.39. The van der Waals surface area contributed by atoms with Crippen LogP contribution in [-0.2, 0) is 0 Å². The molecule has 0 saturated carbocycles. The lowest BCUT2D eigenvalue weighted by Crippen LogP contribution is -1.97. The minimum absolute atomic E-state index is 0.236. The molecule has 0 aliphatic rings. The molecule has 2 rings (SSSR count). The lowest BCUT2D eigenvalue weighted by atomic mass is 10.2. The number of aromatic nitrogens is 1. The summed E-state index contributed by atoms with van der Waals surface area (Å²) in [6.07, 6.45) is 1.49. The standard InChI is InChI=1S/C12H5BrCl3N3/c13-7-1-2-8(11(16)10(7)15)19-12-9(14)6(5-17)3-4-18-12/h1-4H,(H,18,19). The molecule has 0 unspecified atom stereocenters. The van der Waals surface area contributed by atoms with Crippen molar-refractivity contribution in [2.24, 2.45) is 0 Å². The molecular formula is C12H5BrCl3N3. The van der Waals surface area contributed by atoms with Crippen molar-refractivity contribution in [3.63, 3.8) is 0 Å². The molecule has 1 aromatic carbocycles. The minimum Gasteiger partial charge on any atom is -0.338 e. The molecule has 0 saturated heterocycles. The zero-order valence-electron chi connectivity index (χ0n) is 9.22. The molecule has 1 heterocycles. The predicted molar refractivity (Wildman–Crippen MR) is 81.4 cm³/mol. The summed E-state index contributed by atoms with van der Waals surface area (Å²) in [7, 11) is 0. The van der Waals surface area contributed by atoms with Crippen molar-refractivity contribution >= 4 is 62.2 Å². The van der Waals surface area contributed by atoms with Crippen LogP contribution in [0.5, 0.6) is 0 Å². The zero-order chi connectivity index (χ0) is 14.0. The van der Waals surface area contributed by atoms with E-state index in [-0.39, 0.29) is 5.02 Å². The summed E-state index contributed by atoms with van der Waals surface area (Å²) < 4.78 is 0.689. The van der Waals surface area contributed by atoms with Crippen LogP contribution in [0.4, 0.5) is 11.5 Å². The van der Waals surface area contributed by atoms with E-state index in [1.165, 1.54) is 12.3 Å². The van der Waals surface area contributed by atoms with Gasteiger partial charge in [-0.2, -0.15) is 5.26 Å². The Kier molecular flexibility index (Phi) is 4.54. The number of rotatable bonds is 2. The molecule has 0 amide bonds. The number of nitriles is 1. The van der Waals surface area contributed by atoms with Gasteiger partial charge in [0.1, 0.15) is 11.1 Å². The van der Waals surface area contributed by atoms with Crippen molar-refractivity contribution in [1.29, 1.82) is 5.26 Å². The van der Waals surface area contributed by atoms with Gasteiger partial charge in [-0.3, -0.25) is 0 Å². The molecule has 3 nitrogen and oxygen atoms in total. The van der Waals surface area contributed by atoms with E-state index in [4.69, 9.17) is 40.1 Å². The van der Waals surface area contributed by atoms with Crippen molar-refractivity contribution in [3.05, 3.63) is 49.5 Å². The van der Waals surface area contributed by atoms with Crippen LogP contribution in [0, 0.1) is 11.3 Å². The van der Waals surface area contributed by atoms with Crippen molar-refractivity contribution in [2.75, 3.05) is 5.32 Å². The largest absolute Gasteiger partial charge is 0.338 e. The number of nitrogens with zero attached hydrogens (tertiary/aromatic N) is 2. The molecule has 7 heteroatoms. The first-order valence-corrected chi connectivity index (χ1v) is 6.92. The van der Waals surface area contributed by atoms with Gasteiger partial charge in [0, 0.05) is 10.7 Å². The van der Waals surface area contributed by atoms with Crippen molar-refractivity contribution < 1.29 is 0 Å². The van der Waals surface area contributed by atoms with Crippen LogP contribution >= 0.6 is 50.7 Å². The second-order valence-corrected chi connectivity index (χ2v) is 5.47. The van der Waals surface area contributed by atoms with Crippen molar-refractivity contribution in [2.45, 2.75) is 0 Å². The Bertz CT molecular complexity index is 683. The third kappa shape index (κ3) is 2.96. The highest BCUT2D eigenvalue weighted by Gasteiger charge is 2.12.